The number of benzene rings is 1. The Balaban J connectivity index is 1.74. The van der Waals surface area contributed by atoms with Gasteiger partial charge in [-0.05, 0) is 36.2 Å². The summed E-state index contributed by atoms with van der Waals surface area (Å²) in [4.78, 5) is 12.8. The highest BCUT2D eigenvalue weighted by molar-refractivity contribution is 7.16. The van der Waals surface area contributed by atoms with Crippen LogP contribution in [0.5, 0.6) is 0 Å². The fourth-order valence-corrected chi connectivity index (χ4v) is 2.69. The lowest BCUT2D eigenvalue weighted by molar-refractivity contribution is -0.121. The summed E-state index contributed by atoms with van der Waals surface area (Å²) in [6.45, 7) is 0.540. The second-order valence-corrected chi connectivity index (χ2v) is 6.02. The number of aryl methyl sites for hydroxylation is 1. The lowest BCUT2D eigenvalue weighted by atomic mass is 10.1. The predicted molar refractivity (Wildman–Crippen MR) is 80.4 cm³/mol. The molecule has 5 heteroatoms. The number of nitrogens with one attached hydrogen (secondary N) is 1. The summed E-state index contributed by atoms with van der Waals surface area (Å²) in [6.07, 6.45) is 1.19. The minimum Gasteiger partial charge on any atom is -0.399 e. The molecule has 0 atom stereocenters. The number of anilines is 1. The molecule has 0 saturated carbocycles. The van der Waals surface area contributed by atoms with Crippen LogP contribution in [0.25, 0.3) is 0 Å². The molecular weight excluding hydrogens is 280 g/mol. The van der Waals surface area contributed by atoms with Gasteiger partial charge in [0.25, 0.3) is 0 Å². The van der Waals surface area contributed by atoms with E-state index in [2.05, 4.69) is 5.32 Å². The molecule has 0 radical (unpaired) electrons. The number of hydrogen-bond acceptors (Lipinski definition) is 3. The molecule has 0 aliphatic carbocycles. The first-order valence-corrected chi connectivity index (χ1v) is 7.18. The van der Waals surface area contributed by atoms with E-state index in [9.17, 15) is 4.79 Å². The first-order valence-electron chi connectivity index (χ1n) is 5.99. The molecule has 19 heavy (non-hydrogen) atoms. The number of carbonyl (C=O) groups is 1. The maximum absolute atomic E-state index is 11.7. The fraction of sp³-hybridized carbons (Fsp3) is 0.214. The summed E-state index contributed by atoms with van der Waals surface area (Å²) >= 11 is 7.31. The Morgan fingerprint density at radius 1 is 1.21 bits per heavy atom. The Kier molecular flexibility index (Phi) is 4.82. The van der Waals surface area contributed by atoms with Crippen molar-refractivity contribution in [1.29, 1.82) is 0 Å². The molecule has 0 saturated heterocycles. The van der Waals surface area contributed by atoms with Gasteiger partial charge in [-0.3, -0.25) is 4.79 Å². The number of nitrogens with two attached hydrogens (primary N) is 1. The number of hydrogen-bond donors (Lipinski definition) is 2. The van der Waals surface area contributed by atoms with E-state index in [-0.39, 0.29) is 5.91 Å². The van der Waals surface area contributed by atoms with Gasteiger partial charge >= 0.3 is 0 Å². The average Bonchev–Trinajstić information content (AvgIpc) is 2.81. The van der Waals surface area contributed by atoms with Crippen molar-refractivity contribution in [2.75, 3.05) is 5.73 Å². The van der Waals surface area contributed by atoms with E-state index >= 15 is 0 Å². The monoisotopic (exact) mass is 294 g/mol. The number of nitrogen functional groups attached to an aromatic ring is 1. The van der Waals surface area contributed by atoms with Crippen LogP contribution in [0.2, 0.25) is 4.34 Å². The van der Waals surface area contributed by atoms with Crippen LogP contribution >= 0.6 is 22.9 Å². The highest BCUT2D eigenvalue weighted by Crippen LogP contribution is 2.21. The standard InChI is InChI=1S/C14H15ClN2OS/c15-13-7-6-12(19-13)9-17-14(18)8-3-10-1-4-11(16)5-2-10/h1-2,4-7H,3,8-9,16H2,(H,17,18). The van der Waals surface area contributed by atoms with Crippen LogP contribution in [0.15, 0.2) is 36.4 Å². The van der Waals surface area contributed by atoms with Crippen molar-refractivity contribution < 1.29 is 4.79 Å². The number of thiophene rings is 1. The fourth-order valence-electron chi connectivity index (χ4n) is 1.66. The number of carbonyl (C=O) groups excluding carboxylic acids is 1. The van der Waals surface area contributed by atoms with E-state index in [0.29, 0.717) is 13.0 Å². The molecule has 0 spiro atoms. The largest absolute Gasteiger partial charge is 0.399 e. The molecule has 1 aromatic heterocycles. The van der Waals surface area contributed by atoms with E-state index in [4.69, 9.17) is 17.3 Å². The summed E-state index contributed by atoms with van der Waals surface area (Å²) < 4.78 is 0.742. The molecule has 2 aromatic rings. The highest BCUT2D eigenvalue weighted by Gasteiger charge is 2.04. The number of rotatable bonds is 5. The minimum absolute atomic E-state index is 0.0429. The first-order chi connectivity index (χ1) is 9.13. The summed E-state index contributed by atoms with van der Waals surface area (Å²) in [5.74, 6) is 0.0429. The second kappa shape index (κ2) is 6.59. The van der Waals surface area contributed by atoms with E-state index in [1.165, 1.54) is 11.3 Å². The Hall–Kier alpha value is -1.52. The summed E-state index contributed by atoms with van der Waals surface area (Å²) in [5.41, 5.74) is 7.46. The van der Waals surface area contributed by atoms with Gasteiger partial charge in [-0.2, -0.15) is 0 Å². The molecule has 2 rings (SSSR count). The minimum atomic E-state index is 0.0429. The van der Waals surface area contributed by atoms with Crippen molar-refractivity contribution in [2.45, 2.75) is 19.4 Å². The second-order valence-electron chi connectivity index (χ2n) is 4.22. The number of halogens is 1. The topological polar surface area (TPSA) is 55.1 Å². The smallest absolute Gasteiger partial charge is 0.220 e. The molecule has 0 unspecified atom stereocenters. The Labute approximate surface area is 121 Å². The van der Waals surface area contributed by atoms with Gasteiger partial charge in [-0.15, -0.1) is 11.3 Å². The van der Waals surface area contributed by atoms with Gasteiger partial charge in [0.2, 0.25) is 5.91 Å². The third-order valence-corrected chi connectivity index (χ3v) is 3.94. The molecule has 3 N–H and O–H groups in total. The zero-order chi connectivity index (χ0) is 13.7. The molecule has 3 nitrogen and oxygen atoms in total. The molecule has 1 aromatic carbocycles. The van der Waals surface area contributed by atoms with Crippen LogP contribution in [0.1, 0.15) is 16.9 Å². The summed E-state index contributed by atoms with van der Waals surface area (Å²) in [7, 11) is 0. The Bertz CT molecular complexity index is 551. The van der Waals surface area contributed by atoms with Crippen molar-refractivity contribution in [1.82, 2.24) is 5.32 Å². The van der Waals surface area contributed by atoms with E-state index in [1.807, 2.05) is 36.4 Å². The normalized spacial score (nSPS) is 10.4. The number of amides is 1. The van der Waals surface area contributed by atoms with Crippen molar-refractivity contribution in [3.8, 4) is 0 Å². The van der Waals surface area contributed by atoms with Crippen molar-refractivity contribution in [2.24, 2.45) is 0 Å². The third kappa shape index (κ3) is 4.58. The molecule has 1 heterocycles. The lowest BCUT2D eigenvalue weighted by Crippen LogP contribution is -2.22. The summed E-state index contributed by atoms with van der Waals surface area (Å²) in [6, 6.07) is 11.3. The predicted octanol–water partition coefficient (Wildman–Crippen LogP) is 3.23. The van der Waals surface area contributed by atoms with Gasteiger partial charge in [0.05, 0.1) is 10.9 Å². The Morgan fingerprint density at radius 3 is 2.58 bits per heavy atom. The van der Waals surface area contributed by atoms with Crippen molar-refractivity contribution in [3.05, 3.63) is 51.2 Å². The van der Waals surface area contributed by atoms with Gasteiger partial charge in [0, 0.05) is 17.0 Å². The van der Waals surface area contributed by atoms with Crippen LogP contribution in [-0.2, 0) is 17.8 Å². The van der Waals surface area contributed by atoms with E-state index in [0.717, 1.165) is 26.9 Å². The maximum Gasteiger partial charge on any atom is 0.220 e. The Morgan fingerprint density at radius 2 is 1.95 bits per heavy atom. The SMILES string of the molecule is Nc1ccc(CCC(=O)NCc2ccc(Cl)s2)cc1. The molecule has 100 valence electrons. The zero-order valence-electron chi connectivity index (χ0n) is 10.4. The van der Waals surface area contributed by atoms with Crippen LogP contribution < -0.4 is 11.1 Å². The molecular formula is C14H15ClN2OS. The van der Waals surface area contributed by atoms with E-state index in [1.54, 1.807) is 0 Å². The van der Waals surface area contributed by atoms with Gasteiger partial charge in [0.15, 0.2) is 0 Å². The first kappa shape index (κ1) is 13.9. The van der Waals surface area contributed by atoms with Crippen LogP contribution in [0, 0.1) is 0 Å². The molecule has 0 bridgehead atoms. The maximum atomic E-state index is 11.7. The van der Waals surface area contributed by atoms with Crippen LogP contribution in [-0.4, -0.2) is 5.91 Å². The van der Waals surface area contributed by atoms with Gasteiger partial charge in [-0.25, -0.2) is 0 Å². The van der Waals surface area contributed by atoms with Crippen molar-refractivity contribution >= 4 is 34.5 Å². The molecule has 0 fully saturated rings. The molecule has 0 aliphatic rings. The van der Waals surface area contributed by atoms with E-state index < -0.39 is 0 Å². The van der Waals surface area contributed by atoms with Gasteiger partial charge in [-0.1, -0.05) is 23.7 Å². The lowest BCUT2D eigenvalue weighted by Gasteiger charge is -2.04. The molecule has 1 amide bonds. The average molecular weight is 295 g/mol. The highest BCUT2D eigenvalue weighted by atomic mass is 35.5. The van der Waals surface area contributed by atoms with Gasteiger partial charge in [0.1, 0.15) is 0 Å². The zero-order valence-corrected chi connectivity index (χ0v) is 11.9. The summed E-state index contributed by atoms with van der Waals surface area (Å²) in [5, 5.41) is 2.88. The van der Waals surface area contributed by atoms with Crippen molar-refractivity contribution in [3.63, 3.8) is 0 Å². The van der Waals surface area contributed by atoms with Crippen LogP contribution in [0.4, 0.5) is 5.69 Å². The van der Waals surface area contributed by atoms with Gasteiger partial charge < -0.3 is 11.1 Å². The third-order valence-electron chi connectivity index (χ3n) is 2.71. The van der Waals surface area contributed by atoms with Crippen LogP contribution in [0.3, 0.4) is 0 Å². The molecule has 0 aliphatic heterocycles. The quantitative estimate of drug-likeness (QED) is 0.832.